The zero-order chi connectivity index (χ0) is 19.7. The molecule has 1 N–H and O–H groups in total. The number of amides is 1. The molecule has 0 bridgehead atoms. The Labute approximate surface area is 165 Å². The Kier molecular flexibility index (Phi) is 4.91. The quantitative estimate of drug-likeness (QED) is 0.641. The molecule has 144 valence electrons. The van der Waals surface area contributed by atoms with Gasteiger partial charge in [0.2, 0.25) is 0 Å². The number of tetrazole rings is 1. The summed E-state index contributed by atoms with van der Waals surface area (Å²) in [5, 5.41) is 16.5. The number of carbonyl (C=O) groups excluding carboxylic acids is 2. The minimum Gasteiger partial charge on any atom is -0.462 e. The van der Waals surface area contributed by atoms with E-state index in [0.717, 1.165) is 29.7 Å². The summed E-state index contributed by atoms with van der Waals surface area (Å²) >= 11 is 1.36. The summed E-state index contributed by atoms with van der Waals surface area (Å²) in [5.74, 6) is -0.272. The van der Waals surface area contributed by atoms with Gasteiger partial charge in [0, 0.05) is 5.56 Å². The highest BCUT2D eigenvalue weighted by atomic mass is 32.1. The fourth-order valence-corrected chi connectivity index (χ4v) is 4.10. The first-order chi connectivity index (χ1) is 13.6. The summed E-state index contributed by atoms with van der Waals surface area (Å²) in [7, 11) is 0. The van der Waals surface area contributed by atoms with E-state index in [1.54, 1.807) is 25.1 Å². The lowest BCUT2D eigenvalue weighted by atomic mass is 10.1. The number of ether oxygens (including phenoxy) is 1. The van der Waals surface area contributed by atoms with E-state index in [2.05, 4.69) is 20.8 Å². The summed E-state index contributed by atoms with van der Waals surface area (Å²) in [6, 6.07) is 5.27. The molecule has 2 aromatic heterocycles. The highest BCUT2D eigenvalue weighted by Crippen LogP contribution is 2.46. The van der Waals surface area contributed by atoms with Crippen LogP contribution in [0.4, 0.5) is 5.00 Å². The molecule has 0 spiro atoms. The second kappa shape index (κ2) is 7.51. The molecule has 0 atom stereocenters. The van der Waals surface area contributed by atoms with Crippen molar-refractivity contribution in [3.05, 3.63) is 52.2 Å². The van der Waals surface area contributed by atoms with Crippen LogP contribution in [0.15, 0.2) is 29.9 Å². The Morgan fingerprint density at radius 1 is 1.36 bits per heavy atom. The standard InChI is InChI=1S/C19H19N5O3S/c1-3-27-19(26)16-14(12-4-5-12)9-28-18(16)21-17(25)13-6-7-15(11(2)8-13)24-10-20-22-23-24/h6-10,12H,3-5H2,1-2H3,(H,21,25). The molecule has 9 heteroatoms. The summed E-state index contributed by atoms with van der Waals surface area (Å²) in [5.41, 5.74) is 3.61. The van der Waals surface area contributed by atoms with Gasteiger partial charge in [-0.3, -0.25) is 4.79 Å². The maximum atomic E-state index is 12.8. The molecule has 1 fully saturated rings. The molecule has 0 unspecified atom stereocenters. The predicted molar refractivity (Wildman–Crippen MR) is 104 cm³/mol. The number of nitrogens with one attached hydrogen (secondary N) is 1. The molecule has 3 aromatic rings. The molecule has 0 saturated heterocycles. The van der Waals surface area contributed by atoms with Gasteiger partial charge in [0.1, 0.15) is 11.3 Å². The molecule has 1 aliphatic carbocycles. The second-order valence-electron chi connectivity index (χ2n) is 6.60. The van der Waals surface area contributed by atoms with Crippen LogP contribution in [0.3, 0.4) is 0 Å². The fraction of sp³-hybridized carbons (Fsp3) is 0.316. The summed E-state index contributed by atoms with van der Waals surface area (Å²) in [6.07, 6.45) is 3.63. The van der Waals surface area contributed by atoms with Gasteiger partial charge in [-0.15, -0.1) is 16.4 Å². The van der Waals surface area contributed by atoms with Gasteiger partial charge in [0.25, 0.3) is 5.91 Å². The van der Waals surface area contributed by atoms with Crippen molar-refractivity contribution in [3.8, 4) is 5.69 Å². The molecule has 1 aliphatic rings. The van der Waals surface area contributed by atoms with Gasteiger partial charge in [-0.25, -0.2) is 9.48 Å². The largest absolute Gasteiger partial charge is 0.462 e. The average Bonchev–Trinajstić information content (AvgIpc) is 3.21. The Morgan fingerprint density at radius 2 is 2.18 bits per heavy atom. The number of thiophene rings is 1. The van der Waals surface area contributed by atoms with Gasteiger partial charge < -0.3 is 10.1 Å². The van der Waals surface area contributed by atoms with E-state index < -0.39 is 0 Å². The van der Waals surface area contributed by atoms with Crippen LogP contribution in [-0.2, 0) is 4.74 Å². The number of hydrogen-bond acceptors (Lipinski definition) is 7. The molecular formula is C19H19N5O3S. The highest BCUT2D eigenvalue weighted by Gasteiger charge is 2.32. The third kappa shape index (κ3) is 3.53. The molecular weight excluding hydrogens is 378 g/mol. The van der Waals surface area contributed by atoms with Crippen LogP contribution >= 0.6 is 11.3 Å². The summed E-state index contributed by atoms with van der Waals surface area (Å²) < 4.78 is 6.74. The first-order valence-electron chi connectivity index (χ1n) is 9.02. The van der Waals surface area contributed by atoms with Crippen LogP contribution in [0.5, 0.6) is 0 Å². The van der Waals surface area contributed by atoms with E-state index in [1.807, 2.05) is 12.3 Å². The number of hydrogen-bond donors (Lipinski definition) is 1. The summed E-state index contributed by atoms with van der Waals surface area (Å²) in [6.45, 7) is 3.95. The van der Waals surface area contributed by atoms with Gasteiger partial charge in [0.05, 0.1) is 17.9 Å². The normalized spacial score (nSPS) is 13.4. The van der Waals surface area contributed by atoms with E-state index >= 15 is 0 Å². The van der Waals surface area contributed by atoms with Gasteiger partial charge in [-0.05, 0) is 77.7 Å². The molecule has 2 heterocycles. The van der Waals surface area contributed by atoms with Crippen molar-refractivity contribution in [1.82, 2.24) is 20.2 Å². The second-order valence-corrected chi connectivity index (χ2v) is 7.48. The third-order valence-corrected chi connectivity index (χ3v) is 5.51. The van der Waals surface area contributed by atoms with Crippen molar-refractivity contribution >= 4 is 28.2 Å². The Hall–Kier alpha value is -3.07. The maximum Gasteiger partial charge on any atom is 0.341 e. The number of carbonyl (C=O) groups is 2. The third-order valence-electron chi connectivity index (χ3n) is 4.60. The number of esters is 1. The van der Waals surface area contributed by atoms with Crippen LogP contribution in [-0.4, -0.2) is 38.7 Å². The monoisotopic (exact) mass is 397 g/mol. The molecule has 1 aromatic carbocycles. The Morgan fingerprint density at radius 3 is 2.82 bits per heavy atom. The number of aryl methyl sites for hydroxylation is 1. The van der Waals surface area contributed by atoms with Crippen LogP contribution in [0, 0.1) is 6.92 Å². The SMILES string of the molecule is CCOC(=O)c1c(C2CC2)csc1NC(=O)c1ccc(-n2cnnn2)c(C)c1. The molecule has 1 amide bonds. The van der Waals surface area contributed by atoms with Gasteiger partial charge in [-0.2, -0.15) is 0 Å². The predicted octanol–water partition coefficient (Wildman–Crippen LogP) is 3.34. The zero-order valence-corrected chi connectivity index (χ0v) is 16.3. The van der Waals surface area contributed by atoms with Crippen LogP contribution in [0.1, 0.15) is 57.5 Å². The van der Waals surface area contributed by atoms with E-state index in [-0.39, 0.29) is 11.9 Å². The molecule has 0 radical (unpaired) electrons. The average molecular weight is 397 g/mol. The van der Waals surface area contributed by atoms with Gasteiger partial charge in [-0.1, -0.05) is 0 Å². The lowest BCUT2D eigenvalue weighted by Crippen LogP contribution is -2.15. The molecule has 0 aliphatic heterocycles. The van der Waals surface area contributed by atoms with Crippen LogP contribution < -0.4 is 5.32 Å². The van der Waals surface area contributed by atoms with E-state index in [0.29, 0.717) is 28.7 Å². The maximum absolute atomic E-state index is 12.8. The van der Waals surface area contributed by atoms with Gasteiger partial charge >= 0.3 is 5.97 Å². The highest BCUT2D eigenvalue weighted by molar-refractivity contribution is 7.15. The van der Waals surface area contributed by atoms with Crippen molar-refractivity contribution in [3.63, 3.8) is 0 Å². The zero-order valence-electron chi connectivity index (χ0n) is 15.5. The minimum atomic E-state index is -0.383. The van der Waals surface area contributed by atoms with E-state index in [4.69, 9.17) is 4.74 Å². The van der Waals surface area contributed by atoms with Crippen molar-refractivity contribution in [1.29, 1.82) is 0 Å². The van der Waals surface area contributed by atoms with E-state index in [1.165, 1.54) is 22.3 Å². The molecule has 1 saturated carbocycles. The van der Waals surface area contributed by atoms with Crippen LogP contribution in [0.25, 0.3) is 5.69 Å². The van der Waals surface area contributed by atoms with Crippen molar-refractivity contribution < 1.29 is 14.3 Å². The van der Waals surface area contributed by atoms with Crippen molar-refractivity contribution in [2.75, 3.05) is 11.9 Å². The number of anilines is 1. The van der Waals surface area contributed by atoms with Crippen LogP contribution in [0.2, 0.25) is 0 Å². The molecule has 8 nitrogen and oxygen atoms in total. The topological polar surface area (TPSA) is 99.0 Å². The number of rotatable bonds is 6. The lowest BCUT2D eigenvalue weighted by molar-refractivity contribution is 0.0527. The minimum absolute atomic E-state index is 0.277. The van der Waals surface area contributed by atoms with Gasteiger partial charge in [0.15, 0.2) is 0 Å². The smallest absolute Gasteiger partial charge is 0.341 e. The lowest BCUT2D eigenvalue weighted by Gasteiger charge is -2.10. The first-order valence-corrected chi connectivity index (χ1v) is 9.90. The number of benzene rings is 1. The molecule has 28 heavy (non-hydrogen) atoms. The number of aromatic nitrogens is 4. The van der Waals surface area contributed by atoms with Crippen molar-refractivity contribution in [2.45, 2.75) is 32.6 Å². The Balaban J connectivity index is 1.59. The fourth-order valence-electron chi connectivity index (χ4n) is 3.07. The van der Waals surface area contributed by atoms with E-state index in [9.17, 15) is 9.59 Å². The first kappa shape index (κ1) is 18.3. The van der Waals surface area contributed by atoms with Crippen molar-refractivity contribution in [2.24, 2.45) is 0 Å². The summed E-state index contributed by atoms with van der Waals surface area (Å²) in [4.78, 5) is 25.2. The number of nitrogens with zero attached hydrogens (tertiary/aromatic N) is 4. The molecule has 4 rings (SSSR count). The Bertz CT molecular complexity index is 1020.